The molecule has 2 aromatic rings. The van der Waals surface area contributed by atoms with E-state index in [-0.39, 0.29) is 23.8 Å². The highest BCUT2D eigenvalue weighted by atomic mass is 19.1. The summed E-state index contributed by atoms with van der Waals surface area (Å²) in [5.41, 5.74) is 0.737. The van der Waals surface area contributed by atoms with Gasteiger partial charge in [-0.15, -0.1) is 0 Å². The molecule has 2 fully saturated rings. The number of aromatic amines is 1. The zero-order chi connectivity index (χ0) is 19.0. The number of piperidine rings is 1. The van der Waals surface area contributed by atoms with E-state index in [4.69, 9.17) is 0 Å². The zero-order valence-electron chi connectivity index (χ0n) is 14.8. The smallest absolute Gasteiger partial charge is 0.271 e. The van der Waals surface area contributed by atoms with Crippen LogP contribution < -0.4 is 0 Å². The predicted octanol–water partition coefficient (Wildman–Crippen LogP) is 2.34. The van der Waals surface area contributed by atoms with Crippen LogP contribution in [0.15, 0.2) is 30.5 Å². The topological polar surface area (TPSA) is 69.3 Å². The second-order valence-electron chi connectivity index (χ2n) is 7.47. The molecule has 0 unspecified atom stereocenters. The minimum absolute atomic E-state index is 0.00647. The number of amides is 2. The number of carbonyl (C=O) groups excluding carboxylic acids is 2. The molecule has 0 saturated carbocycles. The normalized spacial score (nSPS) is 19.1. The molecule has 2 saturated heterocycles. The van der Waals surface area contributed by atoms with Crippen LogP contribution in [0.5, 0.6) is 0 Å². The summed E-state index contributed by atoms with van der Waals surface area (Å²) in [6.45, 7) is 1.91. The maximum absolute atomic E-state index is 13.4. The SMILES string of the molecule is O=C1CC2(CCN(C(=O)c3ccn[nH]3)CC2)CN1Cc1cc(F)cc(F)c1. The molecule has 0 radical (unpaired) electrons. The van der Waals surface area contributed by atoms with Gasteiger partial charge in [0.1, 0.15) is 17.3 Å². The first-order valence-corrected chi connectivity index (χ1v) is 8.96. The Hall–Kier alpha value is -2.77. The van der Waals surface area contributed by atoms with E-state index >= 15 is 0 Å². The lowest BCUT2D eigenvalue weighted by Crippen LogP contribution is -2.44. The molecule has 1 aromatic heterocycles. The summed E-state index contributed by atoms with van der Waals surface area (Å²) in [7, 11) is 0. The largest absolute Gasteiger partial charge is 0.338 e. The van der Waals surface area contributed by atoms with Crippen molar-refractivity contribution < 1.29 is 18.4 Å². The van der Waals surface area contributed by atoms with Gasteiger partial charge in [-0.3, -0.25) is 14.7 Å². The Morgan fingerprint density at radius 1 is 1.19 bits per heavy atom. The van der Waals surface area contributed by atoms with Crippen LogP contribution >= 0.6 is 0 Å². The van der Waals surface area contributed by atoms with Crippen molar-refractivity contribution in [2.24, 2.45) is 5.41 Å². The van der Waals surface area contributed by atoms with Gasteiger partial charge < -0.3 is 9.80 Å². The number of H-pyrrole nitrogens is 1. The quantitative estimate of drug-likeness (QED) is 0.897. The van der Waals surface area contributed by atoms with Gasteiger partial charge in [0.15, 0.2) is 0 Å². The minimum Gasteiger partial charge on any atom is -0.338 e. The van der Waals surface area contributed by atoms with Crippen molar-refractivity contribution in [1.82, 2.24) is 20.0 Å². The molecule has 0 bridgehead atoms. The van der Waals surface area contributed by atoms with Gasteiger partial charge in [0.25, 0.3) is 5.91 Å². The fourth-order valence-corrected chi connectivity index (χ4v) is 4.11. The molecule has 142 valence electrons. The molecule has 2 amide bonds. The molecule has 2 aliphatic rings. The van der Waals surface area contributed by atoms with Crippen molar-refractivity contribution in [2.45, 2.75) is 25.8 Å². The van der Waals surface area contributed by atoms with Crippen LogP contribution in [-0.2, 0) is 11.3 Å². The number of likely N-dealkylation sites (tertiary alicyclic amines) is 2. The minimum atomic E-state index is -0.642. The van der Waals surface area contributed by atoms with E-state index < -0.39 is 11.6 Å². The third-order valence-corrected chi connectivity index (χ3v) is 5.54. The van der Waals surface area contributed by atoms with Gasteiger partial charge in [-0.2, -0.15) is 5.10 Å². The van der Waals surface area contributed by atoms with Crippen LogP contribution in [0.2, 0.25) is 0 Å². The fourth-order valence-electron chi connectivity index (χ4n) is 4.11. The van der Waals surface area contributed by atoms with Crippen molar-refractivity contribution in [3.8, 4) is 0 Å². The Morgan fingerprint density at radius 2 is 1.89 bits per heavy atom. The third-order valence-electron chi connectivity index (χ3n) is 5.54. The molecule has 4 rings (SSSR count). The molecular weight excluding hydrogens is 354 g/mol. The van der Waals surface area contributed by atoms with E-state index in [1.54, 1.807) is 22.1 Å². The molecule has 6 nitrogen and oxygen atoms in total. The van der Waals surface area contributed by atoms with Gasteiger partial charge in [-0.1, -0.05) is 0 Å². The molecule has 1 spiro atoms. The van der Waals surface area contributed by atoms with Gasteiger partial charge in [0.05, 0.1) is 0 Å². The lowest BCUT2D eigenvalue weighted by atomic mass is 9.77. The van der Waals surface area contributed by atoms with E-state index in [9.17, 15) is 18.4 Å². The summed E-state index contributed by atoms with van der Waals surface area (Å²) < 4.78 is 26.8. The number of rotatable bonds is 3. The number of hydrogen-bond acceptors (Lipinski definition) is 3. The van der Waals surface area contributed by atoms with Crippen LogP contribution in [0.25, 0.3) is 0 Å². The van der Waals surface area contributed by atoms with Crippen molar-refractivity contribution in [3.63, 3.8) is 0 Å². The number of benzene rings is 1. The van der Waals surface area contributed by atoms with Gasteiger partial charge >= 0.3 is 0 Å². The maximum Gasteiger partial charge on any atom is 0.271 e. The van der Waals surface area contributed by atoms with E-state index in [1.165, 1.54) is 12.1 Å². The first-order valence-electron chi connectivity index (χ1n) is 8.96. The molecule has 3 heterocycles. The van der Waals surface area contributed by atoms with E-state index in [0.717, 1.165) is 18.9 Å². The van der Waals surface area contributed by atoms with E-state index in [1.807, 2.05) is 0 Å². The van der Waals surface area contributed by atoms with Crippen LogP contribution in [-0.4, -0.2) is 51.4 Å². The summed E-state index contributed by atoms with van der Waals surface area (Å²) in [6, 6.07) is 4.98. The van der Waals surface area contributed by atoms with E-state index in [0.29, 0.717) is 37.3 Å². The fraction of sp³-hybridized carbons (Fsp3) is 0.421. The highest BCUT2D eigenvalue weighted by Crippen LogP contribution is 2.41. The summed E-state index contributed by atoms with van der Waals surface area (Å²) in [5, 5.41) is 6.48. The Labute approximate surface area is 155 Å². The van der Waals surface area contributed by atoms with Gasteiger partial charge in [0, 0.05) is 50.3 Å². The van der Waals surface area contributed by atoms with Gasteiger partial charge in [0.2, 0.25) is 5.91 Å². The molecule has 8 heteroatoms. The van der Waals surface area contributed by atoms with Crippen LogP contribution in [0, 0.1) is 17.0 Å². The molecule has 0 aliphatic carbocycles. The number of nitrogens with zero attached hydrogens (tertiary/aromatic N) is 3. The number of carbonyl (C=O) groups is 2. The van der Waals surface area contributed by atoms with Crippen molar-refractivity contribution in [2.75, 3.05) is 19.6 Å². The summed E-state index contributed by atoms with van der Waals surface area (Å²) in [5.74, 6) is -1.37. The zero-order valence-corrected chi connectivity index (χ0v) is 14.8. The van der Waals surface area contributed by atoms with Gasteiger partial charge in [-0.25, -0.2) is 8.78 Å². The molecule has 1 N–H and O–H groups in total. The summed E-state index contributed by atoms with van der Waals surface area (Å²) in [6.07, 6.45) is 3.41. The van der Waals surface area contributed by atoms with Crippen LogP contribution in [0.4, 0.5) is 8.78 Å². The molecule has 27 heavy (non-hydrogen) atoms. The molecular formula is C19H20F2N4O2. The lowest BCUT2D eigenvalue weighted by molar-refractivity contribution is -0.128. The van der Waals surface area contributed by atoms with Crippen LogP contribution in [0.1, 0.15) is 35.3 Å². The highest BCUT2D eigenvalue weighted by Gasteiger charge is 2.45. The third kappa shape index (κ3) is 3.56. The maximum atomic E-state index is 13.4. The van der Waals surface area contributed by atoms with E-state index in [2.05, 4.69) is 10.2 Å². The molecule has 1 aromatic carbocycles. The predicted molar refractivity (Wildman–Crippen MR) is 92.6 cm³/mol. The number of nitrogens with one attached hydrogen (secondary N) is 1. The Balaban J connectivity index is 1.40. The van der Waals surface area contributed by atoms with Gasteiger partial charge in [-0.05, 0) is 36.6 Å². The van der Waals surface area contributed by atoms with Crippen molar-refractivity contribution in [3.05, 3.63) is 53.4 Å². The summed E-state index contributed by atoms with van der Waals surface area (Å²) >= 11 is 0. The van der Waals surface area contributed by atoms with Crippen LogP contribution in [0.3, 0.4) is 0 Å². The Kier molecular flexibility index (Phi) is 4.41. The monoisotopic (exact) mass is 374 g/mol. The Morgan fingerprint density at radius 3 is 2.52 bits per heavy atom. The highest BCUT2D eigenvalue weighted by molar-refractivity contribution is 5.92. The van der Waals surface area contributed by atoms with Crippen molar-refractivity contribution in [1.29, 1.82) is 0 Å². The average molecular weight is 374 g/mol. The Bertz CT molecular complexity index is 840. The molecule has 0 atom stereocenters. The lowest BCUT2D eigenvalue weighted by Gasteiger charge is -2.38. The first-order chi connectivity index (χ1) is 12.9. The summed E-state index contributed by atoms with van der Waals surface area (Å²) in [4.78, 5) is 28.3. The standard InChI is InChI=1S/C19H20F2N4O2/c20-14-7-13(8-15(21)9-14)11-25-12-19(10-17(25)26)2-5-24(6-3-19)18(27)16-1-4-22-23-16/h1,4,7-9H,2-3,5-6,10-12H2,(H,22,23). The number of hydrogen-bond donors (Lipinski definition) is 1. The molecule has 2 aliphatic heterocycles. The van der Waals surface area contributed by atoms with Crippen molar-refractivity contribution >= 4 is 11.8 Å². The second-order valence-corrected chi connectivity index (χ2v) is 7.47. The number of halogens is 2. The second kappa shape index (κ2) is 6.75. The first kappa shape index (κ1) is 17.6. The average Bonchev–Trinajstić information content (AvgIpc) is 3.23. The number of aromatic nitrogens is 2.